The van der Waals surface area contributed by atoms with Crippen molar-refractivity contribution in [3.63, 3.8) is 0 Å². The molecule has 0 saturated heterocycles. The predicted octanol–water partition coefficient (Wildman–Crippen LogP) is 1.77. The fourth-order valence-electron chi connectivity index (χ4n) is 0.382. The van der Waals surface area contributed by atoms with Crippen LogP contribution in [0.4, 0.5) is 0 Å². The van der Waals surface area contributed by atoms with Crippen LogP contribution in [-0.2, 0) is 4.74 Å². The van der Waals surface area contributed by atoms with E-state index in [4.69, 9.17) is 11.2 Å². The second-order valence-corrected chi connectivity index (χ2v) is 2.10. The van der Waals surface area contributed by atoms with Crippen LogP contribution in [0.15, 0.2) is 0 Å². The van der Waals surface area contributed by atoms with Crippen molar-refractivity contribution >= 4 is 15.9 Å². The average Bonchev–Trinajstić information content (AvgIpc) is 1.98. The summed E-state index contributed by atoms with van der Waals surface area (Å²) in [5.74, 6) is 5.26. The molecule has 0 N–H and O–H groups in total. The monoisotopic (exact) mass is 200 g/mol. The third kappa shape index (κ3) is 5.69. The zero-order valence-electron chi connectivity index (χ0n) is 5.86. The average molecular weight is 201 g/mol. The van der Waals surface area contributed by atoms with E-state index in [1.807, 2.05) is 6.92 Å². The third-order valence-corrected chi connectivity index (χ3v) is 1.18. The quantitative estimate of drug-likeness (QED) is 0.499. The van der Waals surface area contributed by atoms with Crippen molar-refractivity contribution in [3.8, 4) is 23.1 Å². The summed E-state index contributed by atoms with van der Waals surface area (Å²) >= 11 is 2.98. The molecule has 0 aromatic heterocycles. The van der Waals surface area contributed by atoms with Crippen molar-refractivity contribution in [2.75, 3.05) is 6.61 Å². The highest BCUT2D eigenvalue weighted by molar-refractivity contribution is 9.12. The minimum absolute atomic E-state index is 0.0999. The van der Waals surface area contributed by atoms with Crippen LogP contribution in [0.2, 0.25) is 0 Å². The number of hydrogen-bond donors (Lipinski definition) is 0. The van der Waals surface area contributed by atoms with E-state index < -0.39 is 0 Å². The maximum absolute atomic E-state index is 5.13. The van der Waals surface area contributed by atoms with Crippen LogP contribution >= 0.6 is 15.9 Å². The lowest BCUT2D eigenvalue weighted by Crippen LogP contribution is -2.05. The Labute approximate surface area is 70.3 Å². The SMILES string of the molecule is C#CC(C)OCCC#CBr. The minimum Gasteiger partial charge on any atom is -0.365 e. The van der Waals surface area contributed by atoms with Gasteiger partial charge in [-0.15, -0.1) is 6.42 Å². The van der Waals surface area contributed by atoms with E-state index in [1.54, 1.807) is 0 Å². The Morgan fingerprint density at radius 1 is 1.70 bits per heavy atom. The molecule has 1 atom stereocenters. The standard InChI is InChI=1S/C8H9BrO/c1-3-8(2)10-7-5-4-6-9/h1,8H,5,7H2,2H3. The van der Waals surface area contributed by atoms with Gasteiger partial charge < -0.3 is 4.74 Å². The van der Waals surface area contributed by atoms with Gasteiger partial charge in [0.25, 0.3) is 0 Å². The van der Waals surface area contributed by atoms with Crippen molar-refractivity contribution in [1.29, 1.82) is 0 Å². The molecule has 0 aliphatic heterocycles. The van der Waals surface area contributed by atoms with E-state index in [-0.39, 0.29) is 6.10 Å². The van der Waals surface area contributed by atoms with Gasteiger partial charge in [0.05, 0.1) is 6.61 Å². The van der Waals surface area contributed by atoms with Gasteiger partial charge in [0, 0.05) is 22.4 Å². The summed E-state index contributed by atoms with van der Waals surface area (Å²) in [4.78, 5) is 2.59. The van der Waals surface area contributed by atoms with Gasteiger partial charge in [0.15, 0.2) is 0 Å². The molecule has 0 radical (unpaired) electrons. The molecule has 2 heteroatoms. The van der Waals surface area contributed by atoms with Gasteiger partial charge in [-0.2, -0.15) is 0 Å². The number of rotatable bonds is 3. The second kappa shape index (κ2) is 6.68. The molecule has 0 fully saturated rings. The van der Waals surface area contributed by atoms with Crippen molar-refractivity contribution < 1.29 is 4.74 Å². The van der Waals surface area contributed by atoms with Gasteiger partial charge in [-0.1, -0.05) is 11.8 Å². The van der Waals surface area contributed by atoms with Gasteiger partial charge in [-0.3, -0.25) is 0 Å². The molecule has 0 aromatic rings. The number of halogens is 1. The number of hydrogen-bond acceptors (Lipinski definition) is 1. The lowest BCUT2D eigenvalue weighted by Gasteiger charge is -2.02. The fourth-order valence-corrected chi connectivity index (χ4v) is 0.580. The van der Waals surface area contributed by atoms with E-state index in [0.717, 1.165) is 6.42 Å². The Kier molecular flexibility index (Phi) is 6.38. The molecule has 0 aromatic carbocycles. The highest BCUT2D eigenvalue weighted by atomic mass is 79.9. The van der Waals surface area contributed by atoms with Gasteiger partial charge in [-0.25, -0.2) is 0 Å². The van der Waals surface area contributed by atoms with Crippen LogP contribution in [-0.4, -0.2) is 12.7 Å². The molecular weight excluding hydrogens is 192 g/mol. The van der Waals surface area contributed by atoms with Crippen molar-refractivity contribution in [2.45, 2.75) is 19.4 Å². The summed E-state index contributed by atoms with van der Waals surface area (Å²) in [6.07, 6.45) is 5.69. The maximum atomic E-state index is 5.13. The zero-order valence-corrected chi connectivity index (χ0v) is 7.44. The summed E-state index contributed by atoms with van der Waals surface area (Å²) in [6, 6.07) is 0. The van der Waals surface area contributed by atoms with Gasteiger partial charge in [0.1, 0.15) is 6.10 Å². The van der Waals surface area contributed by atoms with E-state index in [2.05, 4.69) is 32.6 Å². The van der Waals surface area contributed by atoms with E-state index in [0.29, 0.717) is 6.61 Å². The molecule has 0 heterocycles. The number of terminal acetylenes is 1. The largest absolute Gasteiger partial charge is 0.365 e. The molecule has 0 bridgehead atoms. The van der Waals surface area contributed by atoms with Crippen molar-refractivity contribution in [2.24, 2.45) is 0 Å². The molecule has 0 saturated carbocycles. The summed E-state index contributed by atoms with van der Waals surface area (Å²) in [5.41, 5.74) is 0. The van der Waals surface area contributed by atoms with E-state index in [9.17, 15) is 0 Å². The third-order valence-electron chi connectivity index (χ3n) is 0.896. The normalized spacial score (nSPS) is 10.9. The molecule has 0 aliphatic rings. The van der Waals surface area contributed by atoms with Crippen LogP contribution < -0.4 is 0 Å². The summed E-state index contributed by atoms with van der Waals surface area (Å²) in [6.45, 7) is 2.44. The second-order valence-electron chi connectivity index (χ2n) is 1.70. The van der Waals surface area contributed by atoms with Gasteiger partial charge in [-0.05, 0) is 11.8 Å². The maximum Gasteiger partial charge on any atom is 0.115 e. The Balaban J connectivity index is 3.19. The first-order valence-electron chi connectivity index (χ1n) is 2.97. The van der Waals surface area contributed by atoms with E-state index in [1.165, 1.54) is 0 Å². The molecule has 0 aliphatic carbocycles. The van der Waals surface area contributed by atoms with Gasteiger partial charge >= 0.3 is 0 Å². The molecule has 0 spiro atoms. The zero-order chi connectivity index (χ0) is 7.82. The van der Waals surface area contributed by atoms with Crippen LogP contribution in [0.1, 0.15) is 13.3 Å². The summed E-state index contributed by atoms with van der Waals surface area (Å²) in [7, 11) is 0. The predicted molar refractivity (Wildman–Crippen MR) is 45.6 cm³/mol. The van der Waals surface area contributed by atoms with Crippen molar-refractivity contribution in [1.82, 2.24) is 0 Å². The lowest BCUT2D eigenvalue weighted by atomic mass is 10.4. The lowest BCUT2D eigenvalue weighted by molar-refractivity contribution is 0.109. The van der Waals surface area contributed by atoms with Crippen LogP contribution in [0, 0.1) is 23.1 Å². The molecule has 0 rings (SSSR count). The number of ether oxygens (including phenoxy) is 1. The molecule has 1 unspecified atom stereocenters. The summed E-state index contributed by atoms with van der Waals surface area (Å²) in [5, 5.41) is 0. The first kappa shape index (κ1) is 9.56. The van der Waals surface area contributed by atoms with Crippen LogP contribution in [0.3, 0.4) is 0 Å². The molecule has 0 amide bonds. The Bertz CT molecular complexity index is 170. The smallest absolute Gasteiger partial charge is 0.115 e. The van der Waals surface area contributed by atoms with Crippen LogP contribution in [0.25, 0.3) is 0 Å². The molecule has 54 valence electrons. The Morgan fingerprint density at radius 2 is 2.40 bits per heavy atom. The highest BCUT2D eigenvalue weighted by Crippen LogP contribution is 1.89. The van der Waals surface area contributed by atoms with Crippen LogP contribution in [0.5, 0.6) is 0 Å². The first-order chi connectivity index (χ1) is 4.81. The minimum atomic E-state index is -0.0999. The molecule has 1 nitrogen and oxygen atoms in total. The fraction of sp³-hybridized carbons (Fsp3) is 0.500. The molecular formula is C8H9BrO. The Hall–Kier alpha value is -0.440. The molecule has 10 heavy (non-hydrogen) atoms. The van der Waals surface area contributed by atoms with E-state index >= 15 is 0 Å². The van der Waals surface area contributed by atoms with Crippen molar-refractivity contribution in [3.05, 3.63) is 0 Å². The van der Waals surface area contributed by atoms with Gasteiger partial charge in [0.2, 0.25) is 0 Å². The highest BCUT2D eigenvalue weighted by Gasteiger charge is 1.92. The topological polar surface area (TPSA) is 9.23 Å². The summed E-state index contributed by atoms with van der Waals surface area (Å²) < 4.78 is 5.13. The Morgan fingerprint density at radius 3 is 2.90 bits per heavy atom. The first-order valence-corrected chi connectivity index (χ1v) is 3.76.